The highest BCUT2D eigenvalue weighted by Crippen LogP contribution is 2.35. The largest absolute Gasteiger partial charge is 0.430 e. The lowest BCUT2D eigenvalue weighted by atomic mass is 10.1. The molecule has 0 fully saturated rings. The highest BCUT2D eigenvalue weighted by Gasteiger charge is 2.34. The van der Waals surface area contributed by atoms with Gasteiger partial charge in [-0.25, -0.2) is 4.98 Å². The van der Waals surface area contributed by atoms with Crippen LogP contribution in [-0.2, 0) is 11.0 Å². The third-order valence-electron chi connectivity index (χ3n) is 3.54. The van der Waals surface area contributed by atoms with Gasteiger partial charge >= 0.3 is 6.18 Å². The third kappa shape index (κ3) is 3.98. The Morgan fingerprint density at radius 2 is 2.04 bits per heavy atom. The van der Waals surface area contributed by atoms with E-state index in [1.165, 1.54) is 18.2 Å². The summed E-state index contributed by atoms with van der Waals surface area (Å²) < 4.78 is 44.7. The van der Waals surface area contributed by atoms with Crippen molar-refractivity contribution in [1.82, 2.24) is 9.97 Å². The minimum atomic E-state index is -4.55. The van der Waals surface area contributed by atoms with Gasteiger partial charge in [0, 0.05) is 6.20 Å². The van der Waals surface area contributed by atoms with Crippen LogP contribution in [0.25, 0.3) is 11.2 Å². The molecule has 0 saturated heterocycles. The van der Waals surface area contributed by atoms with Crippen molar-refractivity contribution in [3.63, 3.8) is 0 Å². The number of oxazole rings is 1. The molecule has 0 saturated carbocycles. The Balaban J connectivity index is 1.77. The molecule has 0 bridgehead atoms. The molecule has 1 aromatic carbocycles. The number of rotatable bonds is 5. The number of hydrogen-bond acceptors (Lipinski definition) is 5. The lowest BCUT2D eigenvalue weighted by molar-refractivity contribution is -0.137. The Kier molecular flexibility index (Phi) is 5.17. The van der Waals surface area contributed by atoms with E-state index in [9.17, 15) is 18.0 Å². The number of alkyl halides is 3. The van der Waals surface area contributed by atoms with E-state index in [-0.39, 0.29) is 10.9 Å². The van der Waals surface area contributed by atoms with E-state index in [1.54, 1.807) is 25.3 Å². The summed E-state index contributed by atoms with van der Waals surface area (Å²) in [4.78, 5) is 20.7. The molecule has 0 radical (unpaired) electrons. The number of aromatic nitrogens is 2. The molecule has 0 aliphatic rings. The second-order valence-corrected chi connectivity index (χ2v) is 6.51. The van der Waals surface area contributed by atoms with Gasteiger partial charge in [0.25, 0.3) is 5.22 Å². The number of pyridine rings is 1. The van der Waals surface area contributed by atoms with Crippen molar-refractivity contribution in [1.29, 1.82) is 0 Å². The molecule has 0 spiro atoms. The van der Waals surface area contributed by atoms with Gasteiger partial charge in [0.1, 0.15) is 0 Å². The van der Waals surface area contributed by atoms with E-state index in [4.69, 9.17) is 4.42 Å². The van der Waals surface area contributed by atoms with Crippen LogP contribution in [0.2, 0.25) is 0 Å². The molecule has 2 aromatic heterocycles. The molecule has 0 aliphatic heterocycles. The van der Waals surface area contributed by atoms with Crippen LogP contribution < -0.4 is 5.32 Å². The van der Waals surface area contributed by atoms with Crippen molar-refractivity contribution in [3.05, 3.63) is 48.2 Å². The molecule has 3 rings (SSSR count). The Morgan fingerprint density at radius 1 is 1.27 bits per heavy atom. The van der Waals surface area contributed by atoms with Crippen LogP contribution in [0.1, 0.15) is 18.9 Å². The summed E-state index contributed by atoms with van der Waals surface area (Å²) in [6, 6.07) is 8.25. The number of nitrogens with zero attached hydrogens (tertiary/aromatic N) is 2. The minimum Gasteiger partial charge on any atom is -0.430 e. The number of nitrogens with one attached hydrogen (secondary N) is 1. The molecule has 1 N–H and O–H groups in total. The molecular weight excluding hydrogens is 367 g/mol. The van der Waals surface area contributed by atoms with E-state index in [1.807, 2.05) is 0 Å². The Hall–Kier alpha value is -2.55. The van der Waals surface area contributed by atoms with Gasteiger partial charge in [0.2, 0.25) is 5.91 Å². The van der Waals surface area contributed by atoms with Gasteiger partial charge in [-0.15, -0.1) is 0 Å². The summed E-state index contributed by atoms with van der Waals surface area (Å²) >= 11 is 1.04. The molecule has 26 heavy (non-hydrogen) atoms. The van der Waals surface area contributed by atoms with E-state index >= 15 is 0 Å². The zero-order valence-electron chi connectivity index (χ0n) is 13.6. The second-order valence-electron chi connectivity index (χ2n) is 5.35. The second kappa shape index (κ2) is 7.36. The lowest BCUT2D eigenvalue weighted by Crippen LogP contribution is -2.26. The van der Waals surface area contributed by atoms with Gasteiger partial charge in [-0.05, 0) is 30.7 Å². The van der Waals surface area contributed by atoms with Gasteiger partial charge in [-0.3, -0.25) is 4.79 Å². The summed E-state index contributed by atoms with van der Waals surface area (Å²) in [5.74, 6) is -0.551. The van der Waals surface area contributed by atoms with E-state index < -0.39 is 22.9 Å². The maximum absolute atomic E-state index is 13.1. The molecule has 0 unspecified atom stereocenters. The van der Waals surface area contributed by atoms with Crippen LogP contribution in [0.4, 0.5) is 18.9 Å². The summed E-state index contributed by atoms with van der Waals surface area (Å²) in [7, 11) is 0. The van der Waals surface area contributed by atoms with Crippen molar-refractivity contribution in [2.75, 3.05) is 5.32 Å². The number of anilines is 1. The fourth-order valence-corrected chi connectivity index (χ4v) is 3.15. The van der Waals surface area contributed by atoms with Crippen LogP contribution in [0, 0.1) is 0 Å². The quantitative estimate of drug-likeness (QED) is 0.646. The molecule has 3 aromatic rings. The molecule has 5 nitrogen and oxygen atoms in total. The zero-order chi connectivity index (χ0) is 18.7. The van der Waals surface area contributed by atoms with Crippen molar-refractivity contribution in [3.8, 4) is 0 Å². The van der Waals surface area contributed by atoms with Crippen molar-refractivity contribution < 1.29 is 22.4 Å². The average Bonchev–Trinajstić information content (AvgIpc) is 3.01. The van der Waals surface area contributed by atoms with Gasteiger partial charge in [-0.2, -0.15) is 18.2 Å². The Labute approximate surface area is 151 Å². The number of carbonyl (C=O) groups is 1. The van der Waals surface area contributed by atoms with Crippen molar-refractivity contribution in [2.45, 2.75) is 30.0 Å². The first kappa shape index (κ1) is 18.2. The Bertz CT molecular complexity index is 894. The average molecular weight is 381 g/mol. The number of fused-ring (bicyclic) bond motifs is 1. The standard InChI is InChI=1S/C17H14F3N3O2S/c1-2-13(26-16-23-14-12(25-16)8-5-9-21-14)15(24)22-11-7-4-3-6-10(11)17(18,19)20/h3-9,13H,2H2,1H3,(H,22,24)/t13-/m0/s1. The fraction of sp³-hybridized carbons (Fsp3) is 0.235. The summed E-state index contributed by atoms with van der Waals surface area (Å²) in [6.07, 6.45) is -2.60. The van der Waals surface area contributed by atoms with Crippen LogP contribution in [0.5, 0.6) is 0 Å². The molecule has 9 heteroatoms. The van der Waals surface area contributed by atoms with Crippen molar-refractivity contribution in [2.24, 2.45) is 0 Å². The summed E-state index contributed by atoms with van der Waals surface area (Å²) in [5, 5.41) is 1.94. The fourth-order valence-electron chi connectivity index (χ4n) is 2.30. The van der Waals surface area contributed by atoms with Gasteiger partial charge in [0.15, 0.2) is 11.2 Å². The molecule has 2 heterocycles. The van der Waals surface area contributed by atoms with E-state index in [2.05, 4.69) is 15.3 Å². The highest BCUT2D eigenvalue weighted by molar-refractivity contribution is 8.00. The van der Waals surface area contributed by atoms with Gasteiger partial charge < -0.3 is 9.73 Å². The van der Waals surface area contributed by atoms with Gasteiger partial charge in [0.05, 0.1) is 16.5 Å². The molecular formula is C17H14F3N3O2S. The minimum absolute atomic E-state index is 0.241. The first-order valence-corrected chi connectivity index (χ1v) is 8.61. The van der Waals surface area contributed by atoms with Crippen molar-refractivity contribution >= 4 is 34.6 Å². The number of hydrogen-bond donors (Lipinski definition) is 1. The summed E-state index contributed by atoms with van der Waals surface area (Å²) in [6.45, 7) is 1.76. The normalized spacial score (nSPS) is 12.9. The van der Waals surface area contributed by atoms with Crippen LogP contribution >= 0.6 is 11.8 Å². The third-order valence-corrected chi connectivity index (χ3v) is 4.75. The number of para-hydroxylation sites is 1. The zero-order valence-corrected chi connectivity index (χ0v) is 14.4. The molecule has 136 valence electrons. The Morgan fingerprint density at radius 3 is 2.73 bits per heavy atom. The van der Waals surface area contributed by atoms with Crippen LogP contribution in [0.15, 0.2) is 52.2 Å². The first-order chi connectivity index (χ1) is 12.4. The van der Waals surface area contributed by atoms with Gasteiger partial charge in [-0.1, -0.05) is 30.8 Å². The number of amides is 1. The predicted octanol–water partition coefficient (Wildman–Crippen LogP) is 4.75. The monoisotopic (exact) mass is 381 g/mol. The maximum Gasteiger partial charge on any atom is 0.418 e. The SMILES string of the molecule is CC[C@H](Sc1nc2ncccc2o1)C(=O)Nc1ccccc1C(F)(F)F. The highest BCUT2D eigenvalue weighted by atomic mass is 32.2. The molecule has 0 aliphatic carbocycles. The predicted molar refractivity (Wildman–Crippen MR) is 91.8 cm³/mol. The van der Waals surface area contributed by atoms with Crippen LogP contribution in [0.3, 0.4) is 0 Å². The van der Waals surface area contributed by atoms with E-state index in [0.717, 1.165) is 17.8 Å². The number of carbonyl (C=O) groups excluding carboxylic acids is 1. The first-order valence-electron chi connectivity index (χ1n) is 7.73. The molecule has 1 atom stereocenters. The summed E-state index contributed by atoms with van der Waals surface area (Å²) in [5.41, 5.74) is -0.275. The smallest absolute Gasteiger partial charge is 0.418 e. The van der Waals surface area contributed by atoms with E-state index in [0.29, 0.717) is 17.7 Å². The maximum atomic E-state index is 13.1. The number of benzene rings is 1. The lowest BCUT2D eigenvalue weighted by Gasteiger charge is -2.16. The number of halogens is 3. The topological polar surface area (TPSA) is 68.0 Å². The molecule has 1 amide bonds. The number of thioether (sulfide) groups is 1. The van der Waals surface area contributed by atoms with Crippen LogP contribution in [-0.4, -0.2) is 21.1 Å².